The van der Waals surface area contributed by atoms with Crippen LogP contribution in [-0.2, 0) is 0 Å². The average molecular weight is 396 g/mol. The van der Waals surface area contributed by atoms with Crippen LogP contribution in [0.2, 0.25) is 14.8 Å². The van der Waals surface area contributed by atoms with Gasteiger partial charge in [-0.15, -0.1) is 0 Å². The van der Waals surface area contributed by atoms with E-state index in [-0.39, 0.29) is 0 Å². The molecule has 0 N–H and O–H groups in total. The SMILES string of the molecule is [CH3][Sn]([CH3])([CH3])[c]1cc(-c2ccccn2)nc(-c2ccccn2)c1. The van der Waals surface area contributed by atoms with Crippen LogP contribution in [0.4, 0.5) is 0 Å². The average Bonchev–Trinajstić information content (AvgIpc) is 2.55. The Hall–Kier alpha value is -1.75. The molecule has 4 heteroatoms. The molecule has 3 aromatic heterocycles. The van der Waals surface area contributed by atoms with Crippen LogP contribution < -0.4 is 3.58 Å². The molecule has 0 aromatic carbocycles. The molecule has 0 unspecified atom stereocenters. The Labute approximate surface area is 135 Å². The van der Waals surface area contributed by atoms with Gasteiger partial charge in [0.05, 0.1) is 0 Å². The topological polar surface area (TPSA) is 38.7 Å². The molecule has 0 aliphatic carbocycles. The fraction of sp³-hybridized carbons (Fsp3) is 0.167. The molecule has 3 heterocycles. The minimum absolute atomic E-state index is 0.914. The Balaban J connectivity index is 2.19. The molecule has 0 fully saturated rings. The summed E-state index contributed by atoms with van der Waals surface area (Å²) in [5.74, 6) is 0. The third-order valence-corrected chi connectivity index (χ3v) is 9.31. The summed E-state index contributed by atoms with van der Waals surface area (Å²) < 4.78 is 1.44. The number of rotatable bonds is 3. The minimum atomic E-state index is -2.22. The van der Waals surface area contributed by atoms with E-state index >= 15 is 0 Å². The summed E-state index contributed by atoms with van der Waals surface area (Å²) in [6.45, 7) is 0. The van der Waals surface area contributed by atoms with Gasteiger partial charge in [0.2, 0.25) is 0 Å². The summed E-state index contributed by atoms with van der Waals surface area (Å²) in [6, 6.07) is 16.3. The zero-order valence-electron chi connectivity index (χ0n) is 13.1. The monoisotopic (exact) mass is 397 g/mol. The van der Waals surface area contributed by atoms with Gasteiger partial charge in [-0.3, -0.25) is 0 Å². The molecule has 22 heavy (non-hydrogen) atoms. The van der Waals surface area contributed by atoms with Gasteiger partial charge in [0.15, 0.2) is 0 Å². The molecule has 3 aromatic rings. The normalized spacial score (nSPS) is 11.4. The second kappa shape index (κ2) is 6.16. The van der Waals surface area contributed by atoms with E-state index in [0.717, 1.165) is 22.8 Å². The van der Waals surface area contributed by atoms with Gasteiger partial charge in [0, 0.05) is 0 Å². The zero-order valence-corrected chi connectivity index (χ0v) is 16.0. The van der Waals surface area contributed by atoms with Crippen LogP contribution >= 0.6 is 0 Å². The molecule has 3 nitrogen and oxygen atoms in total. The van der Waals surface area contributed by atoms with Crippen LogP contribution in [0.15, 0.2) is 60.9 Å². The third kappa shape index (κ3) is 3.35. The molecule has 0 saturated carbocycles. The van der Waals surface area contributed by atoms with Gasteiger partial charge in [-0.1, -0.05) is 0 Å². The molecule has 0 saturated heterocycles. The van der Waals surface area contributed by atoms with Crippen molar-refractivity contribution in [2.45, 2.75) is 14.8 Å². The van der Waals surface area contributed by atoms with Gasteiger partial charge >= 0.3 is 135 Å². The van der Waals surface area contributed by atoms with Crippen molar-refractivity contribution in [2.24, 2.45) is 0 Å². The molecule has 0 spiro atoms. The first kappa shape index (κ1) is 15.2. The Bertz CT molecular complexity index is 708. The van der Waals surface area contributed by atoms with Crippen molar-refractivity contribution in [3.63, 3.8) is 0 Å². The van der Waals surface area contributed by atoms with E-state index < -0.39 is 18.4 Å². The van der Waals surface area contributed by atoms with Crippen molar-refractivity contribution in [3.8, 4) is 22.8 Å². The fourth-order valence-corrected chi connectivity index (χ4v) is 5.51. The van der Waals surface area contributed by atoms with Crippen molar-refractivity contribution >= 4 is 22.0 Å². The van der Waals surface area contributed by atoms with E-state index in [0.29, 0.717) is 0 Å². The van der Waals surface area contributed by atoms with Crippen molar-refractivity contribution < 1.29 is 0 Å². The number of aromatic nitrogens is 3. The van der Waals surface area contributed by atoms with Crippen molar-refractivity contribution in [2.75, 3.05) is 0 Å². The quantitative estimate of drug-likeness (QED) is 0.634. The predicted molar refractivity (Wildman–Crippen MR) is 93.7 cm³/mol. The maximum atomic E-state index is 4.80. The van der Waals surface area contributed by atoms with Gasteiger partial charge < -0.3 is 0 Å². The van der Waals surface area contributed by atoms with E-state index in [4.69, 9.17) is 4.98 Å². The first-order valence-electron chi connectivity index (χ1n) is 7.39. The molecule has 110 valence electrons. The van der Waals surface area contributed by atoms with E-state index in [1.165, 1.54) is 3.58 Å². The number of pyridine rings is 3. The van der Waals surface area contributed by atoms with Gasteiger partial charge in [0.1, 0.15) is 0 Å². The van der Waals surface area contributed by atoms with Crippen LogP contribution in [0.25, 0.3) is 22.8 Å². The molecule has 0 amide bonds. The molecule has 3 rings (SSSR count). The Kier molecular flexibility index (Phi) is 4.25. The second-order valence-corrected chi connectivity index (χ2v) is 20.8. The third-order valence-electron chi connectivity index (χ3n) is 3.55. The van der Waals surface area contributed by atoms with Crippen LogP contribution in [-0.4, -0.2) is 33.3 Å². The maximum absolute atomic E-state index is 4.80. The number of hydrogen-bond acceptors (Lipinski definition) is 3. The van der Waals surface area contributed by atoms with E-state index in [1.54, 1.807) is 0 Å². The summed E-state index contributed by atoms with van der Waals surface area (Å²) in [5, 5.41) is 0. The van der Waals surface area contributed by atoms with Gasteiger partial charge in [-0.25, -0.2) is 0 Å². The second-order valence-electron chi connectivity index (χ2n) is 6.31. The first-order chi connectivity index (χ1) is 10.5. The molecule has 0 bridgehead atoms. The van der Waals surface area contributed by atoms with Crippen LogP contribution in [0.3, 0.4) is 0 Å². The van der Waals surface area contributed by atoms with Crippen LogP contribution in [0, 0.1) is 0 Å². The van der Waals surface area contributed by atoms with E-state index in [2.05, 4.69) is 36.9 Å². The van der Waals surface area contributed by atoms with E-state index in [9.17, 15) is 0 Å². The first-order valence-corrected chi connectivity index (χ1v) is 17.4. The number of nitrogens with zero attached hydrogens (tertiary/aromatic N) is 3. The Morgan fingerprint density at radius 2 is 1.18 bits per heavy atom. The molecule has 0 radical (unpaired) electrons. The summed E-state index contributed by atoms with van der Waals surface area (Å²) in [5.41, 5.74) is 3.70. The van der Waals surface area contributed by atoms with Crippen molar-refractivity contribution in [1.82, 2.24) is 15.0 Å². The zero-order chi connectivity index (χ0) is 15.6. The Morgan fingerprint density at radius 3 is 1.55 bits per heavy atom. The van der Waals surface area contributed by atoms with Crippen molar-refractivity contribution in [3.05, 3.63) is 60.9 Å². The summed E-state index contributed by atoms with van der Waals surface area (Å²) in [7, 11) is 0. The van der Waals surface area contributed by atoms with E-state index in [1.807, 2.05) is 48.8 Å². The summed E-state index contributed by atoms with van der Waals surface area (Å²) in [6.07, 6.45) is 3.62. The van der Waals surface area contributed by atoms with Crippen LogP contribution in [0.1, 0.15) is 0 Å². The standard InChI is InChI=1S/C15H10N3.3CH3.Sn/c1-3-10-16-12(6-1)14-8-5-9-15(18-14)13-7-2-4-11-17-13;;;;/h1-4,6-11H;3*1H3;. The molecule has 0 aliphatic rings. The van der Waals surface area contributed by atoms with Crippen LogP contribution in [0.5, 0.6) is 0 Å². The van der Waals surface area contributed by atoms with Crippen molar-refractivity contribution in [1.29, 1.82) is 0 Å². The molecular weight excluding hydrogens is 377 g/mol. The summed E-state index contributed by atoms with van der Waals surface area (Å²) >= 11 is -2.22. The number of hydrogen-bond donors (Lipinski definition) is 0. The summed E-state index contributed by atoms with van der Waals surface area (Å²) in [4.78, 5) is 20.9. The molecule has 0 atom stereocenters. The molecule has 0 aliphatic heterocycles. The van der Waals surface area contributed by atoms with Gasteiger partial charge in [-0.2, -0.15) is 0 Å². The van der Waals surface area contributed by atoms with Gasteiger partial charge in [0.25, 0.3) is 0 Å². The predicted octanol–water partition coefficient (Wildman–Crippen LogP) is 3.75. The molecular formula is C18H19N3Sn. The Morgan fingerprint density at radius 1 is 0.682 bits per heavy atom. The fourth-order valence-electron chi connectivity index (χ4n) is 2.25. The van der Waals surface area contributed by atoms with Gasteiger partial charge in [-0.05, 0) is 0 Å².